The molecule has 0 saturated carbocycles. The van der Waals surface area contributed by atoms with Crippen LogP contribution in [-0.4, -0.2) is 20.9 Å². The minimum atomic E-state index is -4.12. The monoisotopic (exact) mass is 457 g/mol. The minimum Gasteiger partial charge on any atom is -0.484 e. The highest BCUT2D eigenvalue weighted by Crippen LogP contribution is 2.27. The quantitative estimate of drug-likeness (QED) is 0.481. The summed E-state index contributed by atoms with van der Waals surface area (Å²) in [4.78, 5) is 13.2. The first-order valence-corrected chi connectivity index (χ1v) is 11.7. The van der Waals surface area contributed by atoms with Crippen molar-refractivity contribution < 1.29 is 17.9 Å². The number of amides is 1. The normalized spacial score (nSPS) is 11.2. The SMILES string of the molecule is CCc1ccc(N(C(=O)COc2cc(C)c(Cl)c(C)c2)S(=O)(=O)c2ccccc2)cc1. The highest BCUT2D eigenvalue weighted by Gasteiger charge is 2.31. The van der Waals surface area contributed by atoms with Crippen molar-refractivity contribution in [2.45, 2.75) is 32.1 Å². The summed E-state index contributed by atoms with van der Waals surface area (Å²) >= 11 is 6.19. The maximum atomic E-state index is 13.3. The summed E-state index contributed by atoms with van der Waals surface area (Å²) in [7, 11) is -4.12. The molecule has 0 bridgehead atoms. The van der Waals surface area contributed by atoms with Gasteiger partial charge in [0, 0.05) is 5.02 Å². The Morgan fingerprint density at radius 1 is 0.968 bits per heavy atom. The Morgan fingerprint density at radius 2 is 1.55 bits per heavy atom. The third-order valence-electron chi connectivity index (χ3n) is 4.86. The Labute approximate surface area is 188 Å². The summed E-state index contributed by atoms with van der Waals surface area (Å²) in [6.07, 6.45) is 0.804. The van der Waals surface area contributed by atoms with Crippen LogP contribution < -0.4 is 9.04 Å². The van der Waals surface area contributed by atoms with Gasteiger partial charge in [0.1, 0.15) is 5.75 Å². The highest BCUT2D eigenvalue weighted by molar-refractivity contribution is 7.93. The van der Waals surface area contributed by atoms with E-state index in [0.29, 0.717) is 10.8 Å². The van der Waals surface area contributed by atoms with Crippen LogP contribution in [0.3, 0.4) is 0 Å². The van der Waals surface area contributed by atoms with E-state index >= 15 is 0 Å². The maximum Gasteiger partial charge on any atom is 0.278 e. The molecular formula is C24H24ClNO4S. The topological polar surface area (TPSA) is 63.7 Å². The Kier molecular flexibility index (Phi) is 7.03. The summed E-state index contributed by atoms with van der Waals surface area (Å²) < 4.78 is 33.1. The number of sulfonamides is 1. The molecule has 162 valence electrons. The van der Waals surface area contributed by atoms with Crippen LogP contribution in [0.4, 0.5) is 5.69 Å². The van der Waals surface area contributed by atoms with E-state index in [4.69, 9.17) is 16.3 Å². The Balaban J connectivity index is 1.94. The van der Waals surface area contributed by atoms with Crippen LogP contribution in [0.2, 0.25) is 5.02 Å². The molecule has 3 aromatic carbocycles. The molecule has 0 aliphatic rings. The predicted octanol–water partition coefficient (Wildman–Crippen LogP) is 5.32. The van der Waals surface area contributed by atoms with Crippen molar-refractivity contribution in [3.05, 3.63) is 88.4 Å². The summed E-state index contributed by atoms with van der Waals surface area (Å²) in [6.45, 7) is 5.24. The second-order valence-electron chi connectivity index (χ2n) is 7.16. The molecule has 0 fully saturated rings. The zero-order valence-electron chi connectivity index (χ0n) is 17.6. The Morgan fingerprint density at radius 3 is 2.10 bits per heavy atom. The number of anilines is 1. The third-order valence-corrected chi connectivity index (χ3v) is 7.22. The molecule has 0 heterocycles. The fourth-order valence-corrected chi connectivity index (χ4v) is 4.72. The lowest BCUT2D eigenvalue weighted by atomic mass is 10.1. The highest BCUT2D eigenvalue weighted by atomic mass is 35.5. The van der Waals surface area contributed by atoms with Gasteiger partial charge in [0.2, 0.25) is 0 Å². The molecule has 31 heavy (non-hydrogen) atoms. The summed E-state index contributed by atoms with van der Waals surface area (Å²) in [6, 6.07) is 18.2. The molecule has 0 atom stereocenters. The van der Waals surface area contributed by atoms with Gasteiger partial charge in [-0.3, -0.25) is 4.79 Å². The van der Waals surface area contributed by atoms with Crippen LogP contribution >= 0.6 is 11.6 Å². The largest absolute Gasteiger partial charge is 0.484 e. The number of benzene rings is 3. The number of hydrogen-bond donors (Lipinski definition) is 0. The maximum absolute atomic E-state index is 13.3. The van der Waals surface area contributed by atoms with E-state index in [1.807, 2.05) is 32.9 Å². The third kappa shape index (κ3) is 5.09. The van der Waals surface area contributed by atoms with Gasteiger partial charge in [-0.15, -0.1) is 0 Å². The molecule has 3 aromatic rings. The van der Waals surface area contributed by atoms with Crippen LogP contribution in [0.1, 0.15) is 23.6 Å². The molecule has 0 aliphatic heterocycles. The van der Waals surface area contributed by atoms with Crippen molar-refractivity contribution in [1.29, 1.82) is 0 Å². The van der Waals surface area contributed by atoms with Crippen molar-refractivity contribution in [2.75, 3.05) is 10.9 Å². The number of rotatable bonds is 7. The fourth-order valence-electron chi connectivity index (χ4n) is 3.17. The lowest BCUT2D eigenvalue weighted by molar-refractivity contribution is -0.119. The number of halogens is 1. The van der Waals surface area contributed by atoms with E-state index in [9.17, 15) is 13.2 Å². The Hall–Kier alpha value is -2.83. The number of nitrogens with zero attached hydrogens (tertiary/aromatic N) is 1. The standard InChI is InChI=1S/C24H24ClNO4S/c1-4-19-10-12-20(13-11-19)26(31(28,29)22-8-6-5-7-9-22)23(27)16-30-21-14-17(2)24(25)18(3)15-21/h5-15H,4,16H2,1-3H3. The van der Waals surface area contributed by atoms with E-state index in [0.717, 1.165) is 27.4 Å². The van der Waals surface area contributed by atoms with Gasteiger partial charge in [-0.2, -0.15) is 4.31 Å². The van der Waals surface area contributed by atoms with Crippen LogP contribution in [0.5, 0.6) is 5.75 Å². The van der Waals surface area contributed by atoms with E-state index in [-0.39, 0.29) is 10.6 Å². The molecular weight excluding hydrogens is 434 g/mol. The fraction of sp³-hybridized carbons (Fsp3) is 0.208. The summed E-state index contributed by atoms with van der Waals surface area (Å²) in [5.41, 5.74) is 2.93. The number of hydrogen-bond acceptors (Lipinski definition) is 4. The number of ether oxygens (including phenoxy) is 1. The first kappa shape index (κ1) is 22.8. The number of carbonyl (C=O) groups excluding carboxylic acids is 1. The van der Waals surface area contributed by atoms with Gasteiger partial charge in [0.15, 0.2) is 6.61 Å². The summed E-state index contributed by atoms with van der Waals surface area (Å²) in [5, 5.41) is 0.628. The predicted molar refractivity (Wildman–Crippen MR) is 123 cm³/mol. The molecule has 0 N–H and O–H groups in total. The van der Waals surface area contributed by atoms with Crippen molar-refractivity contribution in [3.63, 3.8) is 0 Å². The van der Waals surface area contributed by atoms with E-state index in [2.05, 4.69) is 0 Å². The zero-order chi connectivity index (χ0) is 22.6. The van der Waals surface area contributed by atoms with Crippen LogP contribution in [0.25, 0.3) is 0 Å². The lowest BCUT2D eigenvalue weighted by Crippen LogP contribution is -2.40. The van der Waals surface area contributed by atoms with Crippen molar-refractivity contribution in [1.82, 2.24) is 0 Å². The molecule has 0 unspecified atom stereocenters. The van der Waals surface area contributed by atoms with Crippen molar-refractivity contribution in [3.8, 4) is 5.75 Å². The second-order valence-corrected chi connectivity index (χ2v) is 9.32. The van der Waals surface area contributed by atoms with Gasteiger partial charge in [-0.05, 0) is 73.4 Å². The number of aryl methyl sites for hydroxylation is 3. The molecule has 0 aromatic heterocycles. The van der Waals surface area contributed by atoms with Gasteiger partial charge in [0.05, 0.1) is 10.6 Å². The molecule has 0 saturated heterocycles. The van der Waals surface area contributed by atoms with Gasteiger partial charge in [0.25, 0.3) is 15.9 Å². The average Bonchev–Trinajstić information content (AvgIpc) is 2.77. The molecule has 0 aliphatic carbocycles. The van der Waals surface area contributed by atoms with E-state index in [1.165, 1.54) is 12.1 Å². The molecule has 5 nitrogen and oxygen atoms in total. The van der Waals surface area contributed by atoms with Crippen LogP contribution in [-0.2, 0) is 21.2 Å². The van der Waals surface area contributed by atoms with Gasteiger partial charge in [-0.25, -0.2) is 8.42 Å². The molecule has 0 spiro atoms. The van der Waals surface area contributed by atoms with E-state index in [1.54, 1.807) is 42.5 Å². The second kappa shape index (κ2) is 9.54. The van der Waals surface area contributed by atoms with Crippen LogP contribution in [0, 0.1) is 13.8 Å². The molecule has 1 amide bonds. The Bertz CT molecular complexity index is 1150. The molecule has 7 heteroatoms. The van der Waals surface area contributed by atoms with Crippen molar-refractivity contribution in [2.24, 2.45) is 0 Å². The van der Waals surface area contributed by atoms with Gasteiger partial charge < -0.3 is 4.74 Å². The van der Waals surface area contributed by atoms with Crippen LogP contribution in [0.15, 0.2) is 71.6 Å². The first-order chi connectivity index (χ1) is 14.7. The number of carbonyl (C=O) groups is 1. The average molecular weight is 458 g/mol. The van der Waals surface area contributed by atoms with E-state index < -0.39 is 22.5 Å². The first-order valence-electron chi connectivity index (χ1n) is 9.85. The molecule has 0 radical (unpaired) electrons. The molecule has 3 rings (SSSR count). The minimum absolute atomic E-state index is 0.0288. The van der Waals surface area contributed by atoms with Crippen molar-refractivity contribution >= 4 is 33.2 Å². The summed E-state index contributed by atoms with van der Waals surface area (Å²) in [5.74, 6) is -0.246. The van der Waals surface area contributed by atoms with Gasteiger partial charge in [-0.1, -0.05) is 48.9 Å². The zero-order valence-corrected chi connectivity index (χ0v) is 19.2. The lowest BCUT2D eigenvalue weighted by Gasteiger charge is -2.23. The van der Waals surface area contributed by atoms with Gasteiger partial charge >= 0.3 is 0 Å². The smallest absolute Gasteiger partial charge is 0.278 e.